The first-order valence-corrected chi connectivity index (χ1v) is 9.00. The zero-order valence-corrected chi connectivity index (χ0v) is 15.2. The number of rotatable bonds is 5. The van der Waals surface area contributed by atoms with E-state index in [1.54, 1.807) is 31.2 Å². The minimum atomic E-state index is -0.623. The summed E-state index contributed by atoms with van der Waals surface area (Å²) in [7, 11) is 0. The maximum absolute atomic E-state index is 13.9. The zero-order chi connectivity index (χ0) is 19.2. The molecule has 1 saturated heterocycles. The van der Waals surface area contributed by atoms with E-state index in [0.717, 1.165) is 19.3 Å². The predicted octanol–water partition coefficient (Wildman–Crippen LogP) is 4.11. The van der Waals surface area contributed by atoms with E-state index in [0.29, 0.717) is 17.9 Å². The number of esters is 1. The lowest BCUT2D eigenvalue weighted by Crippen LogP contribution is -2.26. The summed E-state index contributed by atoms with van der Waals surface area (Å²) in [6.07, 6.45) is 2.84. The molecule has 0 saturated carbocycles. The number of hydrogen-bond acceptors (Lipinski definition) is 4. The van der Waals surface area contributed by atoms with Gasteiger partial charge < -0.3 is 14.8 Å². The topological polar surface area (TPSA) is 64.6 Å². The second kappa shape index (κ2) is 8.77. The van der Waals surface area contributed by atoms with Crippen LogP contribution in [0.3, 0.4) is 0 Å². The number of nitrogens with one attached hydrogen (secondary N) is 1. The fourth-order valence-electron chi connectivity index (χ4n) is 3.02. The van der Waals surface area contributed by atoms with Crippen molar-refractivity contribution in [2.75, 3.05) is 18.5 Å². The molecule has 2 aromatic rings. The third-order valence-electron chi connectivity index (χ3n) is 4.52. The summed E-state index contributed by atoms with van der Waals surface area (Å²) in [6.45, 7) is 2.61. The van der Waals surface area contributed by atoms with Gasteiger partial charge in [0.2, 0.25) is 0 Å². The van der Waals surface area contributed by atoms with Crippen LogP contribution in [0.15, 0.2) is 42.5 Å². The molecule has 1 aliphatic rings. The van der Waals surface area contributed by atoms with E-state index in [1.165, 1.54) is 18.2 Å². The van der Waals surface area contributed by atoms with E-state index >= 15 is 0 Å². The van der Waals surface area contributed by atoms with E-state index in [2.05, 4.69) is 5.32 Å². The van der Waals surface area contributed by atoms with Crippen molar-refractivity contribution < 1.29 is 23.5 Å². The lowest BCUT2D eigenvalue weighted by Gasteiger charge is -2.22. The molecule has 1 aliphatic heterocycles. The predicted molar refractivity (Wildman–Crippen MR) is 99.4 cm³/mol. The van der Waals surface area contributed by atoms with Gasteiger partial charge in [0.05, 0.1) is 22.9 Å². The highest BCUT2D eigenvalue weighted by Gasteiger charge is 2.21. The van der Waals surface area contributed by atoms with Gasteiger partial charge in [0, 0.05) is 6.61 Å². The van der Waals surface area contributed by atoms with E-state index in [1.807, 2.05) is 0 Å². The molecule has 27 heavy (non-hydrogen) atoms. The molecule has 0 radical (unpaired) electrons. The van der Waals surface area contributed by atoms with Crippen LogP contribution in [0.5, 0.6) is 0 Å². The summed E-state index contributed by atoms with van der Waals surface area (Å²) < 4.78 is 24.8. The summed E-state index contributed by atoms with van der Waals surface area (Å²) >= 11 is 0. The first kappa shape index (κ1) is 19.0. The van der Waals surface area contributed by atoms with Crippen LogP contribution < -0.4 is 5.32 Å². The van der Waals surface area contributed by atoms with Crippen LogP contribution in [0.2, 0.25) is 0 Å². The molecule has 0 aliphatic carbocycles. The Labute approximate surface area is 157 Å². The Morgan fingerprint density at radius 2 is 1.93 bits per heavy atom. The first-order valence-electron chi connectivity index (χ1n) is 9.00. The number of hydrogen-bond donors (Lipinski definition) is 1. The number of carbonyl (C=O) groups is 2. The Bertz CT molecular complexity index is 831. The van der Waals surface area contributed by atoms with Crippen molar-refractivity contribution in [3.05, 3.63) is 65.0 Å². The van der Waals surface area contributed by atoms with Crippen molar-refractivity contribution in [2.45, 2.75) is 32.3 Å². The summed E-state index contributed by atoms with van der Waals surface area (Å²) in [5, 5.41) is 2.64. The molecule has 6 heteroatoms. The molecule has 5 nitrogen and oxygen atoms in total. The van der Waals surface area contributed by atoms with Gasteiger partial charge in [-0.05, 0) is 49.9 Å². The minimum absolute atomic E-state index is 0.0873. The van der Waals surface area contributed by atoms with E-state index in [-0.39, 0.29) is 23.8 Å². The normalized spacial score (nSPS) is 16.6. The quantitative estimate of drug-likeness (QED) is 0.804. The van der Waals surface area contributed by atoms with Crippen LogP contribution in [-0.2, 0) is 9.47 Å². The van der Waals surface area contributed by atoms with Gasteiger partial charge in [0.1, 0.15) is 12.4 Å². The van der Waals surface area contributed by atoms with Crippen molar-refractivity contribution in [2.24, 2.45) is 0 Å². The monoisotopic (exact) mass is 371 g/mol. The third kappa shape index (κ3) is 4.71. The van der Waals surface area contributed by atoms with Crippen LogP contribution >= 0.6 is 0 Å². The lowest BCUT2D eigenvalue weighted by atomic mass is 10.1. The molecule has 1 heterocycles. The Morgan fingerprint density at radius 1 is 1.15 bits per heavy atom. The van der Waals surface area contributed by atoms with Crippen molar-refractivity contribution in [1.29, 1.82) is 0 Å². The molecule has 1 fully saturated rings. The minimum Gasteiger partial charge on any atom is -0.459 e. The van der Waals surface area contributed by atoms with Crippen LogP contribution in [0.25, 0.3) is 0 Å². The Kier molecular flexibility index (Phi) is 6.19. The average Bonchev–Trinajstić information content (AvgIpc) is 2.68. The van der Waals surface area contributed by atoms with Crippen LogP contribution in [-0.4, -0.2) is 31.2 Å². The summed E-state index contributed by atoms with van der Waals surface area (Å²) in [5.74, 6) is -1.79. The van der Waals surface area contributed by atoms with Gasteiger partial charge >= 0.3 is 5.97 Å². The fraction of sp³-hybridized carbons (Fsp3) is 0.333. The number of anilines is 1. The number of amides is 1. The maximum Gasteiger partial charge on any atom is 0.340 e. The Morgan fingerprint density at radius 3 is 2.67 bits per heavy atom. The second-order valence-corrected chi connectivity index (χ2v) is 6.52. The molecule has 1 atom stereocenters. The molecule has 2 aromatic carbocycles. The van der Waals surface area contributed by atoms with E-state index < -0.39 is 17.7 Å². The van der Waals surface area contributed by atoms with Crippen molar-refractivity contribution in [1.82, 2.24) is 0 Å². The van der Waals surface area contributed by atoms with Gasteiger partial charge in [-0.15, -0.1) is 0 Å². The fourth-order valence-corrected chi connectivity index (χ4v) is 3.02. The molecule has 3 rings (SSSR count). The number of ether oxygens (including phenoxy) is 2. The van der Waals surface area contributed by atoms with E-state index in [9.17, 15) is 14.0 Å². The molecule has 0 bridgehead atoms. The molecule has 0 aromatic heterocycles. The highest BCUT2D eigenvalue weighted by molar-refractivity contribution is 6.08. The van der Waals surface area contributed by atoms with Gasteiger partial charge in [-0.25, -0.2) is 9.18 Å². The zero-order valence-electron chi connectivity index (χ0n) is 15.2. The SMILES string of the molecule is Cc1cccc(C(=O)OCC2CCCCO2)c1NC(=O)c1ccccc1F. The van der Waals surface area contributed by atoms with Crippen molar-refractivity contribution in [3.63, 3.8) is 0 Å². The summed E-state index contributed by atoms with van der Waals surface area (Å²) in [4.78, 5) is 25.0. The number of carbonyl (C=O) groups excluding carboxylic acids is 2. The van der Waals surface area contributed by atoms with Crippen LogP contribution in [0, 0.1) is 12.7 Å². The average molecular weight is 371 g/mol. The van der Waals surface area contributed by atoms with Gasteiger partial charge in [0.25, 0.3) is 5.91 Å². The largest absolute Gasteiger partial charge is 0.459 e. The highest BCUT2D eigenvalue weighted by Crippen LogP contribution is 2.23. The molecular formula is C21H22FNO4. The van der Waals surface area contributed by atoms with E-state index in [4.69, 9.17) is 9.47 Å². The molecule has 1 unspecified atom stereocenters. The number of halogens is 1. The number of aryl methyl sites for hydroxylation is 1. The van der Waals surface area contributed by atoms with Gasteiger partial charge in [0.15, 0.2) is 0 Å². The molecule has 1 amide bonds. The number of para-hydroxylation sites is 1. The second-order valence-electron chi connectivity index (χ2n) is 6.52. The van der Waals surface area contributed by atoms with Crippen molar-refractivity contribution in [3.8, 4) is 0 Å². The number of benzene rings is 2. The molecular weight excluding hydrogens is 349 g/mol. The standard InChI is InChI=1S/C21H22FNO4/c1-14-7-6-10-17(21(25)27-13-15-8-4-5-12-26-15)19(14)23-20(24)16-9-2-3-11-18(16)22/h2-3,6-7,9-11,15H,4-5,8,12-13H2,1H3,(H,23,24). The van der Waals surface area contributed by atoms with Crippen LogP contribution in [0.4, 0.5) is 10.1 Å². The third-order valence-corrected chi connectivity index (χ3v) is 4.52. The Balaban J connectivity index is 1.74. The van der Waals surface area contributed by atoms with Crippen molar-refractivity contribution >= 4 is 17.6 Å². The molecule has 0 spiro atoms. The van der Waals surface area contributed by atoms with Gasteiger partial charge in [-0.2, -0.15) is 0 Å². The van der Waals surface area contributed by atoms with Crippen LogP contribution in [0.1, 0.15) is 45.5 Å². The molecule has 142 valence electrons. The lowest BCUT2D eigenvalue weighted by molar-refractivity contribution is -0.0300. The summed E-state index contributed by atoms with van der Waals surface area (Å²) in [5.41, 5.74) is 1.15. The summed E-state index contributed by atoms with van der Waals surface area (Å²) in [6, 6.07) is 10.7. The smallest absolute Gasteiger partial charge is 0.340 e. The van der Waals surface area contributed by atoms with Gasteiger partial charge in [-0.3, -0.25) is 4.79 Å². The first-order chi connectivity index (χ1) is 13.1. The Hall–Kier alpha value is -2.73. The molecule has 1 N–H and O–H groups in total. The maximum atomic E-state index is 13.9. The van der Waals surface area contributed by atoms with Gasteiger partial charge in [-0.1, -0.05) is 24.3 Å². The highest BCUT2D eigenvalue weighted by atomic mass is 19.1.